The van der Waals surface area contributed by atoms with Gasteiger partial charge in [0.25, 0.3) is 5.91 Å². The van der Waals surface area contributed by atoms with Gasteiger partial charge in [0.15, 0.2) is 5.76 Å². The minimum Gasteiger partial charge on any atom is -0.469 e. The summed E-state index contributed by atoms with van der Waals surface area (Å²) in [6, 6.07) is 21.3. The molecule has 10 heteroatoms. The Kier molecular flexibility index (Phi) is 8.32. The summed E-state index contributed by atoms with van der Waals surface area (Å²) in [4.78, 5) is 69.3. The molecule has 0 atom stereocenters. The van der Waals surface area contributed by atoms with E-state index in [1.807, 2.05) is 0 Å². The Bertz CT molecular complexity index is 1540. The van der Waals surface area contributed by atoms with Gasteiger partial charge in [-0.05, 0) is 51.1 Å². The van der Waals surface area contributed by atoms with Crippen LogP contribution in [-0.2, 0) is 33.5 Å². The SMILES string of the molecule is COC(=O)CC(=O)Nc1ccc2c(c1)N(OC(=O)C(C)(C)C)C(=O)/C2=C(\OC(=O)c1ccccc1)c1ccccc1. The second kappa shape index (κ2) is 11.9. The maximum absolute atomic E-state index is 13.9. The number of esters is 2. The van der Waals surface area contributed by atoms with Crippen molar-refractivity contribution in [2.45, 2.75) is 27.2 Å². The third kappa shape index (κ3) is 6.50. The maximum Gasteiger partial charge on any atom is 0.343 e. The van der Waals surface area contributed by atoms with Crippen LogP contribution in [0.4, 0.5) is 11.4 Å². The molecule has 2 amide bonds. The maximum atomic E-state index is 13.9. The molecule has 0 bridgehead atoms. The lowest BCUT2D eigenvalue weighted by Gasteiger charge is -2.22. The third-order valence-electron chi connectivity index (χ3n) is 5.95. The van der Waals surface area contributed by atoms with Crippen molar-refractivity contribution in [2.24, 2.45) is 5.41 Å². The first kappa shape index (κ1) is 28.8. The predicted octanol–water partition coefficient (Wildman–Crippen LogP) is 4.76. The second-order valence-electron chi connectivity index (χ2n) is 10.1. The zero-order chi connectivity index (χ0) is 29.7. The summed E-state index contributed by atoms with van der Waals surface area (Å²) >= 11 is 0. The second-order valence-corrected chi connectivity index (χ2v) is 10.1. The number of ether oxygens (including phenoxy) is 2. The average Bonchev–Trinajstić information content (AvgIpc) is 3.21. The summed E-state index contributed by atoms with van der Waals surface area (Å²) in [5.41, 5.74) is 0.375. The number of carbonyl (C=O) groups excluding carboxylic acids is 5. The zero-order valence-corrected chi connectivity index (χ0v) is 22.9. The molecule has 0 fully saturated rings. The number of hydroxylamine groups is 1. The molecule has 0 spiro atoms. The van der Waals surface area contributed by atoms with E-state index in [-0.39, 0.29) is 28.3 Å². The molecule has 3 aromatic carbocycles. The van der Waals surface area contributed by atoms with Gasteiger partial charge in [0.05, 0.1) is 29.3 Å². The molecule has 10 nitrogen and oxygen atoms in total. The lowest BCUT2D eigenvalue weighted by atomic mass is 9.98. The highest BCUT2D eigenvalue weighted by molar-refractivity contribution is 6.37. The summed E-state index contributed by atoms with van der Waals surface area (Å²) in [5, 5.41) is 3.38. The van der Waals surface area contributed by atoms with Gasteiger partial charge in [0.2, 0.25) is 5.91 Å². The van der Waals surface area contributed by atoms with Gasteiger partial charge in [0.1, 0.15) is 6.42 Å². The number of nitrogens with one attached hydrogen (secondary N) is 1. The zero-order valence-electron chi connectivity index (χ0n) is 22.9. The van der Waals surface area contributed by atoms with Gasteiger partial charge in [-0.3, -0.25) is 14.4 Å². The van der Waals surface area contributed by atoms with Crippen LogP contribution in [0, 0.1) is 5.41 Å². The molecule has 0 aromatic heterocycles. The number of carbonyl (C=O) groups is 5. The Morgan fingerprint density at radius 1 is 0.854 bits per heavy atom. The third-order valence-corrected chi connectivity index (χ3v) is 5.95. The Balaban J connectivity index is 1.85. The van der Waals surface area contributed by atoms with Crippen molar-refractivity contribution in [1.29, 1.82) is 0 Å². The number of amides is 2. The largest absolute Gasteiger partial charge is 0.469 e. The van der Waals surface area contributed by atoms with Gasteiger partial charge in [-0.2, -0.15) is 0 Å². The van der Waals surface area contributed by atoms with Crippen molar-refractivity contribution < 1.29 is 38.3 Å². The fourth-order valence-electron chi connectivity index (χ4n) is 3.82. The number of hydrogen-bond donors (Lipinski definition) is 1. The Morgan fingerprint density at radius 2 is 1.46 bits per heavy atom. The summed E-state index contributed by atoms with van der Waals surface area (Å²) in [5.74, 6) is -3.55. The van der Waals surface area contributed by atoms with Crippen LogP contribution in [0.15, 0.2) is 78.9 Å². The molecule has 1 aliphatic heterocycles. The van der Waals surface area contributed by atoms with Crippen molar-refractivity contribution in [2.75, 3.05) is 17.5 Å². The van der Waals surface area contributed by atoms with E-state index in [2.05, 4.69) is 10.1 Å². The van der Waals surface area contributed by atoms with Gasteiger partial charge in [-0.15, -0.1) is 5.06 Å². The normalized spacial score (nSPS) is 13.7. The quantitative estimate of drug-likeness (QED) is 0.191. The topological polar surface area (TPSA) is 128 Å². The van der Waals surface area contributed by atoms with Crippen LogP contribution >= 0.6 is 0 Å². The van der Waals surface area contributed by atoms with Crippen molar-refractivity contribution in [3.05, 3.63) is 95.6 Å². The molecule has 41 heavy (non-hydrogen) atoms. The molecule has 0 aliphatic carbocycles. The lowest BCUT2D eigenvalue weighted by molar-refractivity contribution is -0.157. The van der Waals surface area contributed by atoms with Crippen molar-refractivity contribution in [1.82, 2.24) is 0 Å². The van der Waals surface area contributed by atoms with E-state index in [1.54, 1.807) is 81.4 Å². The minimum atomic E-state index is -0.957. The first-order valence-corrected chi connectivity index (χ1v) is 12.6. The van der Waals surface area contributed by atoms with Gasteiger partial charge >= 0.3 is 17.9 Å². The van der Waals surface area contributed by atoms with Crippen molar-refractivity contribution >= 4 is 52.4 Å². The molecule has 1 heterocycles. The Morgan fingerprint density at radius 3 is 2.05 bits per heavy atom. The molecular weight excluding hydrogens is 528 g/mol. The van der Waals surface area contributed by atoms with E-state index in [9.17, 15) is 24.0 Å². The van der Waals surface area contributed by atoms with E-state index >= 15 is 0 Å². The molecule has 0 radical (unpaired) electrons. The van der Waals surface area contributed by atoms with Crippen molar-refractivity contribution in [3.8, 4) is 0 Å². The van der Waals surface area contributed by atoms with Crippen LogP contribution in [-0.4, -0.2) is 36.8 Å². The van der Waals surface area contributed by atoms with Gasteiger partial charge in [0, 0.05) is 16.8 Å². The van der Waals surface area contributed by atoms with Crippen LogP contribution in [0.3, 0.4) is 0 Å². The molecular formula is C31H28N2O8. The number of hydrogen-bond acceptors (Lipinski definition) is 8. The monoisotopic (exact) mass is 556 g/mol. The Labute approximate surface area is 236 Å². The van der Waals surface area contributed by atoms with Crippen molar-refractivity contribution in [3.63, 3.8) is 0 Å². The van der Waals surface area contributed by atoms with E-state index in [0.29, 0.717) is 11.1 Å². The Hall–Kier alpha value is -5.25. The predicted molar refractivity (Wildman–Crippen MR) is 150 cm³/mol. The van der Waals surface area contributed by atoms with Crippen LogP contribution in [0.5, 0.6) is 0 Å². The number of rotatable bonds is 7. The van der Waals surface area contributed by atoms with Gasteiger partial charge in [-0.25, -0.2) is 9.59 Å². The summed E-state index contributed by atoms with van der Waals surface area (Å²) in [6.07, 6.45) is -0.520. The average molecular weight is 557 g/mol. The van der Waals surface area contributed by atoms with E-state index in [1.165, 1.54) is 25.3 Å². The molecule has 210 valence electrons. The summed E-state index contributed by atoms with van der Waals surface area (Å²) in [7, 11) is 1.17. The number of methoxy groups -OCH3 is 1. The van der Waals surface area contributed by atoms with E-state index in [4.69, 9.17) is 9.57 Å². The minimum absolute atomic E-state index is 0.0235. The van der Waals surface area contributed by atoms with Crippen LogP contribution in [0.25, 0.3) is 11.3 Å². The standard InChI is InChI=1S/C31H28N2O8/c1-31(2,3)30(38)41-33-23-17-21(32-24(34)18-25(35)39-4)15-16-22(23)26(28(33)36)27(19-11-7-5-8-12-19)40-29(37)20-13-9-6-10-14-20/h5-17H,18H2,1-4H3,(H,32,34)/b27-26-. The number of anilines is 2. The van der Waals surface area contributed by atoms with Gasteiger partial charge < -0.3 is 19.6 Å². The van der Waals surface area contributed by atoms with E-state index in [0.717, 1.165) is 5.06 Å². The molecule has 1 N–H and O–H groups in total. The summed E-state index contributed by atoms with van der Waals surface area (Å²) in [6.45, 7) is 4.90. The summed E-state index contributed by atoms with van der Waals surface area (Å²) < 4.78 is 10.4. The van der Waals surface area contributed by atoms with E-state index < -0.39 is 41.6 Å². The molecule has 0 saturated carbocycles. The highest BCUT2D eigenvalue weighted by Gasteiger charge is 2.41. The highest BCUT2D eigenvalue weighted by atomic mass is 16.7. The highest BCUT2D eigenvalue weighted by Crippen LogP contribution is 2.43. The smallest absolute Gasteiger partial charge is 0.343 e. The fraction of sp³-hybridized carbons (Fsp3) is 0.194. The molecule has 4 rings (SSSR count). The fourth-order valence-corrected chi connectivity index (χ4v) is 3.82. The lowest BCUT2D eigenvalue weighted by Crippen LogP contribution is -2.35. The molecule has 1 aliphatic rings. The number of benzene rings is 3. The number of fused-ring (bicyclic) bond motifs is 1. The van der Waals surface area contributed by atoms with Crippen LogP contribution in [0.2, 0.25) is 0 Å². The van der Waals surface area contributed by atoms with Crippen LogP contribution < -0.4 is 10.4 Å². The number of nitrogens with zero attached hydrogens (tertiary/aromatic N) is 1. The first-order chi connectivity index (χ1) is 19.5. The van der Waals surface area contributed by atoms with Gasteiger partial charge in [-0.1, -0.05) is 48.5 Å². The molecule has 0 saturated heterocycles. The molecule has 3 aromatic rings. The first-order valence-electron chi connectivity index (χ1n) is 12.6. The van der Waals surface area contributed by atoms with Crippen LogP contribution in [0.1, 0.15) is 48.7 Å². The molecule has 0 unspecified atom stereocenters.